The smallest absolute Gasteiger partial charge is 0.423 e. The van der Waals surface area contributed by atoms with Crippen LogP contribution in [0.2, 0.25) is 0 Å². The number of allylic oxidation sites excluding steroid dienone is 1. The van der Waals surface area contributed by atoms with Crippen molar-refractivity contribution in [3.8, 4) is 0 Å². The van der Waals surface area contributed by atoms with Crippen molar-refractivity contribution in [1.29, 1.82) is 0 Å². The molecule has 2 nitrogen and oxygen atoms in total. The lowest BCUT2D eigenvalue weighted by molar-refractivity contribution is 0.423. The summed E-state index contributed by atoms with van der Waals surface area (Å²) in [5, 5.41) is 17.2. The molecule has 0 aliphatic carbocycles. The molecule has 0 aromatic rings. The molecule has 2 N–H and O–H groups in total. The molecule has 0 bridgehead atoms. The predicted molar refractivity (Wildman–Crippen MR) is 51.8 cm³/mol. The van der Waals surface area contributed by atoms with Gasteiger partial charge in [-0.15, -0.1) is 0 Å². The zero-order valence-electron chi connectivity index (χ0n) is 6.05. The molecule has 4 heteroatoms. The molecule has 0 amide bonds. The van der Waals surface area contributed by atoms with Gasteiger partial charge in [-0.25, -0.2) is 0 Å². The van der Waals surface area contributed by atoms with Gasteiger partial charge in [-0.1, -0.05) is 48.4 Å². The third-order valence-electron chi connectivity index (χ3n) is 1.14. The molecule has 0 saturated heterocycles. The average molecular weight is 254 g/mol. The Balaban J connectivity index is 3.48. The van der Waals surface area contributed by atoms with Crippen molar-refractivity contribution in [2.75, 3.05) is 0 Å². The maximum absolute atomic E-state index is 8.60. The average Bonchev–Trinajstić information content (AvgIpc) is 1.88. The second-order valence-electron chi connectivity index (χ2n) is 2.10. The summed E-state index contributed by atoms with van der Waals surface area (Å²) in [5.74, 6) is 0. The first kappa shape index (κ1) is 10.5. The molecule has 0 rings (SSSR count). The Hall–Kier alpha value is 0.455. The van der Waals surface area contributed by atoms with Crippen molar-refractivity contribution < 1.29 is 10.0 Å². The summed E-state index contributed by atoms with van der Waals surface area (Å²) < 4.78 is 0.617. The van der Waals surface area contributed by atoms with Gasteiger partial charge in [0.2, 0.25) is 0 Å². The Morgan fingerprint density at radius 2 is 2.20 bits per heavy atom. The third kappa shape index (κ3) is 5.26. The molecular formula is C6H12BIO2. The Morgan fingerprint density at radius 1 is 1.60 bits per heavy atom. The minimum Gasteiger partial charge on any atom is -0.423 e. The van der Waals surface area contributed by atoms with Crippen molar-refractivity contribution in [3.05, 3.63) is 9.56 Å². The van der Waals surface area contributed by atoms with Crippen LogP contribution in [0.25, 0.3) is 0 Å². The zero-order chi connectivity index (χ0) is 7.98. The van der Waals surface area contributed by atoms with Gasteiger partial charge in [-0.2, -0.15) is 0 Å². The minimum absolute atomic E-state index is 0.617. The van der Waals surface area contributed by atoms with Crippen LogP contribution >= 0.6 is 22.6 Å². The molecule has 58 valence electrons. The highest BCUT2D eigenvalue weighted by Gasteiger charge is 2.09. The van der Waals surface area contributed by atoms with Crippen molar-refractivity contribution in [1.82, 2.24) is 0 Å². The van der Waals surface area contributed by atoms with Crippen LogP contribution in [-0.2, 0) is 0 Å². The summed E-state index contributed by atoms with van der Waals surface area (Å²) >= 11 is 1.93. The highest BCUT2D eigenvalue weighted by molar-refractivity contribution is 14.1. The fourth-order valence-corrected chi connectivity index (χ4v) is 0.861. The van der Waals surface area contributed by atoms with Gasteiger partial charge >= 0.3 is 7.12 Å². The van der Waals surface area contributed by atoms with Gasteiger partial charge in [0.15, 0.2) is 0 Å². The molecular weight excluding hydrogens is 242 g/mol. The van der Waals surface area contributed by atoms with Crippen LogP contribution in [-0.4, -0.2) is 17.2 Å². The Labute approximate surface area is 75.6 Å². The molecule has 0 heterocycles. The van der Waals surface area contributed by atoms with Gasteiger partial charge < -0.3 is 10.0 Å². The first-order valence-electron chi connectivity index (χ1n) is 3.40. The van der Waals surface area contributed by atoms with Gasteiger partial charge in [0.1, 0.15) is 0 Å². The minimum atomic E-state index is -1.28. The second-order valence-corrected chi connectivity index (χ2v) is 3.35. The van der Waals surface area contributed by atoms with E-state index in [0.29, 0.717) is 3.48 Å². The fraction of sp³-hybridized carbons (Fsp3) is 0.667. The summed E-state index contributed by atoms with van der Waals surface area (Å²) in [7, 11) is -1.28. The van der Waals surface area contributed by atoms with E-state index >= 15 is 0 Å². The van der Waals surface area contributed by atoms with E-state index in [0.717, 1.165) is 19.3 Å². The highest BCUT2D eigenvalue weighted by Crippen LogP contribution is 2.09. The van der Waals surface area contributed by atoms with Crippen LogP contribution in [0.5, 0.6) is 0 Å². The van der Waals surface area contributed by atoms with Crippen molar-refractivity contribution in [3.63, 3.8) is 0 Å². The number of hydrogen-bond donors (Lipinski definition) is 2. The van der Waals surface area contributed by atoms with E-state index in [1.807, 2.05) is 28.7 Å². The van der Waals surface area contributed by atoms with E-state index < -0.39 is 7.12 Å². The van der Waals surface area contributed by atoms with E-state index in [1.165, 1.54) is 0 Å². The molecule has 0 spiro atoms. The monoisotopic (exact) mass is 254 g/mol. The summed E-state index contributed by atoms with van der Waals surface area (Å²) in [6.07, 6.45) is 5.04. The number of hydrogen-bond acceptors (Lipinski definition) is 2. The fourth-order valence-electron chi connectivity index (χ4n) is 0.549. The Bertz CT molecular complexity index is 114. The summed E-state index contributed by atoms with van der Waals surface area (Å²) in [5.41, 5.74) is 0. The van der Waals surface area contributed by atoms with Gasteiger partial charge in [0.05, 0.1) is 0 Å². The first-order valence-corrected chi connectivity index (χ1v) is 4.48. The van der Waals surface area contributed by atoms with Crippen LogP contribution in [0.4, 0.5) is 0 Å². The van der Waals surface area contributed by atoms with Crippen molar-refractivity contribution >= 4 is 29.7 Å². The van der Waals surface area contributed by atoms with Crippen molar-refractivity contribution in [2.45, 2.75) is 26.2 Å². The van der Waals surface area contributed by atoms with Crippen LogP contribution < -0.4 is 0 Å². The topological polar surface area (TPSA) is 40.5 Å². The summed E-state index contributed by atoms with van der Waals surface area (Å²) in [4.78, 5) is 0. The van der Waals surface area contributed by atoms with E-state index in [-0.39, 0.29) is 0 Å². The maximum Gasteiger partial charge on any atom is 0.494 e. The maximum atomic E-state index is 8.60. The molecule has 0 aromatic heterocycles. The van der Waals surface area contributed by atoms with Gasteiger partial charge in [-0.05, 0) is 6.42 Å². The molecule has 0 aliphatic rings. The van der Waals surface area contributed by atoms with Gasteiger partial charge in [0, 0.05) is 3.48 Å². The van der Waals surface area contributed by atoms with Crippen LogP contribution in [0.15, 0.2) is 9.56 Å². The standard InChI is InChI=1S/C6H12BIO2/c1-2-3-4-5-6(8)7(9)10/h5,9-10H,2-4H2,1H3. The number of halogens is 1. The Morgan fingerprint density at radius 3 is 2.60 bits per heavy atom. The third-order valence-corrected chi connectivity index (χ3v) is 2.14. The van der Waals surface area contributed by atoms with Gasteiger partial charge in [0.25, 0.3) is 0 Å². The molecule has 10 heavy (non-hydrogen) atoms. The van der Waals surface area contributed by atoms with E-state index in [9.17, 15) is 0 Å². The molecule has 0 atom stereocenters. The lowest BCUT2D eigenvalue weighted by atomic mass is 9.91. The van der Waals surface area contributed by atoms with Gasteiger partial charge in [-0.3, -0.25) is 0 Å². The highest BCUT2D eigenvalue weighted by atomic mass is 127. The number of rotatable bonds is 4. The van der Waals surface area contributed by atoms with Crippen LogP contribution in [0.1, 0.15) is 26.2 Å². The molecule has 0 aromatic carbocycles. The van der Waals surface area contributed by atoms with Crippen LogP contribution in [0, 0.1) is 0 Å². The lowest BCUT2D eigenvalue weighted by Gasteiger charge is -1.94. The van der Waals surface area contributed by atoms with E-state index in [1.54, 1.807) is 0 Å². The molecule has 0 saturated carbocycles. The molecule has 0 radical (unpaired) electrons. The molecule has 0 unspecified atom stereocenters. The molecule has 0 aliphatic heterocycles. The summed E-state index contributed by atoms with van der Waals surface area (Å²) in [6, 6.07) is 0. The SMILES string of the molecule is CCCCC=C(I)B(O)O. The quantitative estimate of drug-likeness (QED) is 0.453. The second kappa shape index (κ2) is 6.18. The largest absolute Gasteiger partial charge is 0.494 e. The van der Waals surface area contributed by atoms with Crippen molar-refractivity contribution in [2.24, 2.45) is 0 Å². The van der Waals surface area contributed by atoms with E-state index in [2.05, 4.69) is 6.92 Å². The molecule has 0 fully saturated rings. The lowest BCUT2D eigenvalue weighted by Crippen LogP contribution is -2.10. The number of unbranched alkanes of at least 4 members (excludes halogenated alkanes) is 2. The Kier molecular flexibility index (Phi) is 6.46. The first-order chi connectivity index (χ1) is 4.68. The normalized spacial score (nSPS) is 11.8. The zero-order valence-corrected chi connectivity index (χ0v) is 8.21. The van der Waals surface area contributed by atoms with E-state index in [4.69, 9.17) is 10.0 Å². The van der Waals surface area contributed by atoms with Crippen LogP contribution in [0.3, 0.4) is 0 Å². The predicted octanol–water partition coefficient (Wildman–Crippen LogP) is 1.51. The summed E-state index contributed by atoms with van der Waals surface area (Å²) in [6.45, 7) is 2.11.